The molecule has 23 heavy (non-hydrogen) atoms. The summed E-state index contributed by atoms with van der Waals surface area (Å²) in [5, 5.41) is 11.0. The summed E-state index contributed by atoms with van der Waals surface area (Å²) in [4.78, 5) is 21.2. The normalized spacial score (nSPS) is 38.3. The van der Waals surface area contributed by atoms with Gasteiger partial charge in [0.1, 0.15) is 0 Å². The van der Waals surface area contributed by atoms with Crippen molar-refractivity contribution >= 4 is 10.9 Å². The first-order chi connectivity index (χ1) is 11.1. The molecule has 2 aromatic rings. The molecule has 4 bridgehead atoms. The predicted octanol–water partition coefficient (Wildman–Crippen LogP) is 1.98. The second-order valence-electron chi connectivity index (χ2n) is 8.03. The van der Waals surface area contributed by atoms with E-state index in [-0.39, 0.29) is 17.1 Å². The Morgan fingerprint density at radius 3 is 2.83 bits per heavy atom. The molecule has 5 nitrogen and oxygen atoms in total. The molecule has 6 rings (SSSR count). The van der Waals surface area contributed by atoms with Crippen molar-refractivity contribution in [2.45, 2.75) is 44.8 Å². The van der Waals surface area contributed by atoms with E-state index in [9.17, 15) is 9.90 Å². The number of aliphatic hydroxyl groups is 1. The lowest BCUT2D eigenvalue weighted by Crippen LogP contribution is -2.55. The van der Waals surface area contributed by atoms with Gasteiger partial charge in [-0.25, -0.2) is 4.98 Å². The van der Waals surface area contributed by atoms with E-state index in [2.05, 4.69) is 9.97 Å². The molecule has 2 aromatic heterocycles. The zero-order valence-electron chi connectivity index (χ0n) is 13.1. The van der Waals surface area contributed by atoms with E-state index < -0.39 is 0 Å². The van der Waals surface area contributed by atoms with Crippen LogP contribution in [-0.2, 0) is 6.54 Å². The third kappa shape index (κ3) is 1.99. The van der Waals surface area contributed by atoms with Crippen LogP contribution in [0.5, 0.6) is 0 Å². The Kier molecular flexibility index (Phi) is 2.75. The van der Waals surface area contributed by atoms with Gasteiger partial charge in [-0.2, -0.15) is 0 Å². The van der Waals surface area contributed by atoms with E-state index in [0.717, 1.165) is 25.3 Å². The number of aromatic nitrogens is 3. The quantitative estimate of drug-likeness (QED) is 0.921. The van der Waals surface area contributed by atoms with Crippen molar-refractivity contribution in [2.24, 2.45) is 23.2 Å². The van der Waals surface area contributed by atoms with Crippen molar-refractivity contribution in [1.82, 2.24) is 14.5 Å². The zero-order valence-corrected chi connectivity index (χ0v) is 13.1. The van der Waals surface area contributed by atoms with Gasteiger partial charge in [-0.05, 0) is 61.3 Å². The molecule has 120 valence electrons. The fraction of sp³-hybridized carbons (Fsp3) is 0.611. The van der Waals surface area contributed by atoms with Gasteiger partial charge in [0, 0.05) is 18.9 Å². The number of hydrogen-bond donors (Lipinski definition) is 1. The Morgan fingerprint density at radius 2 is 2.04 bits per heavy atom. The summed E-state index contributed by atoms with van der Waals surface area (Å²) >= 11 is 0. The largest absolute Gasteiger partial charge is 0.393 e. The van der Waals surface area contributed by atoms with Crippen LogP contribution in [0.15, 0.2) is 29.6 Å². The highest BCUT2D eigenvalue weighted by molar-refractivity contribution is 5.75. The van der Waals surface area contributed by atoms with Crippen molar-refractivity contribution in [3.63, 3.8) is 0 Å². The molecule has 0 amide bonds. The molecular formula is C18H21N3O2. The number of pyridine rings is 1. The molecule has 0 saturated heterocycles. The molecule has 2 unspecified atom stereocenters. The third-order valence-corrected chi connectivity index (χ3v) is 6.48. The van der Waals surface area contributed by atoms with Gasteiger partial charge in [0.2, 0.25) is 0 Å². The van der Waals surface area contributed by atoms with E-state index in [1.807, 2.05) is 0 Å². The smallest absolute Gasteiger partial charge is 0.262 e. The van der Waals surface area contributed by atoms with Crippen LogP contribution in [0.4, 0.5) is 0 Å². The first-order valence-electron chi connectivity index (χ1n) is 8.61. The first kappa shape index (κ1) is 13.7. The summed E-state index contributed by atoms with van der Waals surface area (Å²) in [6, 6.07) is 1.78. The highest BCUT2D eigenvalue weighted by Gasteiger charge is 2.55. The summed E-state index contributed by atoms with van der Waals surface area (Å²) in [5.41, 5.74) is 0.901. The van der Waals surface area contributed by atoms with Crippen molar-refractivity contribution < 1.29 is 5.11 Å². The van der Waals surface area contributed by atoms with Crippen LogP contribution >= 0.6 is 0 Å². The number of fused-ring (bicyclic) bond motifs is 1. The maximum atomic E-state index is 12.8. The van der Waals surface area contributed by atoms with E-state index in [4.69, 9.17) is 0 Å². The highest BCUT2D eigenvalue weighted by atomic mass is 16.3. The minimum atomic E-state index is -0.115. The Labute approximate surface area is 134 Å². The Bertz CT molecular complexity index is 814. The lowest BCUT2D eigenvalue weighted by Gasteiger charge is -2.58. The average molecular weight is 311 g/mol. The summed E-state index contributed by atoms with van der Waals surface area (Å²) in [6.07, 6.45) is 10.5. The fourth-order valence-electron chi connectivity index (χ4n) is 5.84. The minimum Gasteiger partial charge on any atom is -0.393 e. The molecule has 4 aliphatic rings. The fourth-order valence-corrected chi connectivity index (χ4v) is 5.84. The topological polar surface area (TPSA) is 68.0 Å². The van der Waals surface area contributed by atoms with Crippen molar-refractivity contribution in [1.29, 1.82) is 0 Å². The van der Waals surface area contributed by atoms with Crippen LogP contribution in [0.1, 0.15) is 32.1 Å². The molecule has 4 saturated carbocycles. The van der Waals surface area contributed by atoms with Crippen molar-refractivity contribution in [2.75, 3.05) is 0 Å². The van der Waals surface area contributed by atoms with E-state index >= 15 is 0 Å². The summed E-state index contributed by atoms with van der Waals surface area (Å²) in [7, 11) is 0. The molecular weight excluding hydrogens is 290 g/mol. The molecule has 0 spiro atoms. The molecule has 0 radical (unpaired) electrons. The van der Waals surface area contributed by atoms with Gasteiger partial charge in [0.25, 0.3) is 5.56 Å². The van der Waals surface area contributed by atoms with E-state index in [1.165, 1.54) is 19.3 Å². The second-order valence-corrected chi connectivity index (χ2v) is 8.03. The standard InChI is InChI=1S/C18H21N3O2/c22-16-12-3-11-4-13(16)7-18(5-11,6-12)9-21-10-20-15-1-2-19-8-14(15)17(21)23/h1-2,8,10-13,16,22H,3-7,9H2. The Morgan fingerprint density at radius 1 is 1.26 bits per heavy atom. The lowest BCUT2D eigenvalue weighted by atomic mass is 9.48. The molecule has 0 aromatic carbocycles. The molecule has 4 fully saturated rings. The number of aliphatic hydroxyl groups excluding tert-OH is 1. The minimum absolute atomic E-state index is 0.0133. The molecule has 1 N–H and O–H groups in total. The molecule has 4 aliphatic carbocycles. The lowest BCUT2D eigenvalue weighted by molar-refractivity contribution is -0.139. The SMILES string of the molecule is O=c1c2cnccc2ncn1CC12CC3CC(C1)C(O)C(C3)C2. The van der Waals surface area contributed by atoms with Crippen molar-refractivity contribution in [3.8, 4) is 0 Å². The first-order valence-corrected chi connectivity index (χ1v) is 8.61. The Balaban J connectivity index is 1.53. The summed E-state index contributed by atoms with van der Waals surface area (Å²) in [6.45, 7) is 0.736. The van der Waals surface area contributed by atoms with E-state index in [1.54, 1.807) is 29.4 Å². The maximum absolute atomic E-state index is 12.8. The van der Waals surface area contributed by atoms with Crippen LogP contribution in [0.25, 0.3) is 10.9 Å². The predicted molar refractivity (Wildman–Crippen MR) is 85.8 cm³/mol. The summed E-state index contributed by atoms with van der Waals surface area (Å²) < 4.78 is 1.78. The molecule has 2 heterocycles. The molecule has 5 heteroatoms. The van der Waals surface area contributed by atoms with Gasteiger partial charge >= 0.3 is 0 Å². The molecule has 2 atom stereocenters. The Hall–Kier alpha value is -1.75. The van der Waals surface area contributed by atoms with Gasteiger partial charge in [0.05, 0.1) is 23.3 Å². The van der Waals surface area contributed by atoms with Gasteiger partial charge in [-0.15, -0.1) is 0 Å². The van der Waals surface area contributed by atoms with Crippen LogP contribution < -0.4 is 5.56 Å². The summed E-state index contributed by atoms with van der Waals surface area (Å²) in [5.74, 6) is 1.61. The zero-order chi connectivity index (χ0) is 15.6. The third-order valence-electron chi connectivity index (χ3n) is 6.48. The molecule has 0 aliphatic heterocycles. The number of rotatable bonds is 2. The maximum Gasteiger partial charge on any atom is 0.262 e. The average Bonchev–Trinajstić information content (AvgIpc) is 2.54. The van der Waals surface area contributed by atoms with Gasteiger partial charge in [-0.3, -0.25) is 14.3 Å². The van der Waals surface area contributed by atoms with Crippen molar-refractivity contribution in [3.05, 3.63) is 35.1 Å². The van der Waals surface area contributed by atoms with Gasteiger partial charge in [0.15, 0.2) is 0 Å². The van der Waals surface area contributed by atoms with Crippen LogP contribution in [0, 0.1) is 23.2 Å². The monoisotopic (exact) mass is 311 g/mol. The number of hydrogen-bond acceptors (Lipinski definition) is 4. The van der Waals surface area contributed by atoms with Gasteiger partial charge < -0.3 is 5.11 Å². The van der Waals surface area contributed by atoms with Gasteiger partial charge in [-0.1, -0.05) is 0 Å². The van der Waals surface area contributed by atoms with Crippen LogP contribution in [-0.4, -0.2) is 25.7 Å². The second kappa shape index (κ2) is 4.63. The van der Waals surface area contributed by atoms with E-state index in [0.29, 0.717) is 22.7 Å². The number of nitrogens with zero attached hydrogens (tertiary/aromatic N) is 3. The highest BCUT2D eigenvalue weighted by Crippen LogP contribution is 2.60. The van der Waals surface area contributed by atoms with Crippen LogP contribution in [0.3, 0.4) is 0 Å². The van der Waals surface area contributed by atoms with Crippen LogP contribution in [0.2, 0.25) is 0 Å².